The Bertz CT molecular complexity index is 131. The van der Waals surface area contributed by atoms with Gasteiger partial charge in [0.05, 0.1) is 5.75 Å². The van der Waals surface area contributed by atoms with E-state index in [4.69, 9.17) is 16.4 Å². The van der Waals surface area contributed by atoms with Crippen molar-refractivity contribution in [1.82, 2.24) is 0 Å². The van der Waals surface area contributed by atoms with E-state index in [1.54, 1.807) is 0 Å². The summed E-state index contributed by atoms with van der Waals surface area (Å²) in [5, 5.41) is 0. The number of nitrogens with two attached hydrogens (primary N) is 1. The molecule has 52 valence electrons. The summed E-state index contributed by atoms with van der Waals surface area (Å²) in [5.41, 5.74) is 4.85. The van der Waals surface area contributed by atoms with Crippen LogP contribution in [0.5, 0.6) is 0 Å². The van der Waals surface area contributed by atoms with Gasteiger partial charge in [-0.15, -0.1) is 12.4 Å². The van der Waals surface area contributed by atoms with Crippen LogP contribution >= 0.6 is 23.1 Å². The molecule has 0 aromatic heterocycles. The number of hydrogen-bond donors (Lipinski definition) is 1. The van der Waals surface area contributed by atoms with Crippen LogP contribution in [-0.4, -0.2) is 20.7 Å². The van der Waals surface area contributed by atoms with E-state index in [9.17, 15) is 8.42 Å². The van der Waals surface area contributed by atoms with E-state index in [-0.39, 0.29) is 24.7 Å². The van der Waals surface area contributed by atoms with Crippen molar-refractivity contribution in [2.75, 3.05) is 12.3 Å². The van der Waals surface area contributed by atoms with Gasteiger partial charge in [0.15, 0.2) is 0 Å². The predicted molar refractivity (Wildman–Crippen MR) is 35.9 cm³/mol. The molecule has 0 radical (unpaired) electrons. The van der Waals surface area contributed by atoms with Gasteiger partial charge >= 0.3 is 0 Å². The standard InChI is InChI=1S/C2H6ClNO2S.ClH/c3-7(5,6)2-1-4;/h1-2,4H2;1H. The van der Waals surface area contributed by atoms with Gasteiger partial charge in [-0.2, -0.15) is 0 Å². The average molecular weight is 180 g/mol. The lowest BCUT2D eigenvalue weighted by Crippen LogP contribution is -2.10. The Morgan fingerprint density at radius 3 is 1.88 bits per heavy atom. The van der Waals surface area contributed by atoms with E-state index in [0.717, 1.165) is 0 Å². The van der Waals surface area contributed by atoms with Crippen molar-refractivity contribution in [3.63, 3.8) is 0 Å². The van der Waals surface area contributed by atoms with Crippen molar-refractivity contribution >= 4 is 32.1 Å². The summed E-state index contributed by atoms with van der Waals surface area (Å²) in [6.07, 6.45) is 0. The fraction of sp³-hybridized carbons (Fsp3) is 1.00. The maximum absolute atomic E-state index is 9.92. The molecule has 2 N–H and O–H groups in total. The summed E-state index contributed by atoms with van der Waals surface area (Å²) >= 11 is 0. The van der Waals surface area contributed by atoms with Crippen LogP contribution in [-0.2, 0) is 9.05 Å². The molecular weight excluding hydrogens is 173 g/mol. The van der Waals surface area contributed by atoms with Crippen LogP contribution in [0.2, 0.25) is 0 Å². The molecule has 0 fully saturated rings. The third-order valence-electron chi connectivity index (χ3n) is 0.362. The lowest BCUT2D eigenvalue weighted by atomic mass is 10.8. The minimum absolute atomic E-state index is 0. The Hall–Kier alpha value is 0.490. The Labute approximate surface area is 59.0 Å². The maximum Gasteiger partial charge on any atom is 0.233 e. The molecule has 0 bridgehead atoms. The van der Waals surface area contributed by atoms with Crippen LogP contribution in [0.4, 0.5) is 0 Å². The minimum atomic E-state index is -3.33. The van der Waals surface area contributed by atoms with Crippen molar-refractivity contribution in [1.29, 1.82) is 0 Å². The van der Waals surface area contributed by atoms with Crippen molar-refractivity contribution < 1.29 is 8.42 Å². The number of halogens is 2. The van der Waals surface area contributed by atoms with Crippen molar-refractivity contribution in [2.24, 2.45) is 5.73 Å². The van der Waals surface area contributed by atoms with Gasteiger partial charge in [-0.05, 0) is 0 Å². The molecule has 0 atom stereocenters. The third kappa shape index (κ3) is 9.70. The molecule has 0 aliphatic rings. The fourth-order valence-electron chi connectivity index (χ4n) is 0.141. The van der Waals surface area contributed by atoms with Gasteiger partial charge in [-0.3, -0.25) is 0 Å². The fourth-order valence-corrected chi connectivity index (χ4v) is 0.690. The zero-order valence-corrected chi connectivity index (χ0v) is 6.39. The van der Waals surface area contributed by atoms with Crippen LogP contribution in [0.1, 0.15) is 0 Å². The first-order chi connectivity index (χ1) is 3.06. The van der Waals surface area contributed by atoms with E-state index in [2.05, 4.69) is 0 Å². The van der Waals surface area contributed by atoms with Gasteiger partial charge in [0.1, 0.15) is 0 Å². The second-order valence-corrected chi connectivity index (χ2v) is 3.93. The van der Waals surface area contributed by atoms with E-state index >= 15 is 0 Å². The zero-order chi connectivity index (χ0) is 5.91. The molecule has 0 aliphatic heterocycles. The Kier molecular flexibility index (Phi) is 6.19. The van der Waals surface area contributed by atoms with Crippen molar-refractivity contribution in [2.45, 2.75) is 0 Å². The summed E-state index contributed by atoms with van der Waals surface area (Å²) in [7, 11) is 1.40. The molecule has 0 spiro atoms. The highest BCUT2D eigenvalue weighted by Gasteiger charge is 1.99. The topological polar surface area (TPSA) is 60.2 Å². The first-order valence-corrected chi connectivity index (χ1v) is 4.16. The Morgan fingerprint density at radius 2 is 1.88 bits per heavy atom. The molecule has 0 saturated carbocycles. The van der Waals surface area contributed by atoms with Crippen LogP contribution < -0.4 is 5.73 Å². The van der Waals surface area contributed by atoms with E-state index in [1.807, 2.05) is 0 Å². The molecule has 0 amide bonds. The van der Waals surface area contributed by atoms with Crippen LogP contribution in [0, 0.1) is 0 Å². The van der Waals surface area contributed by atoms with Crippen LogP contribution in [0.15, 0.2) is 0 Å². The third-order valence-corrected chi connectivity index (χ3v) is 1.55. The first kappa shape index (κ1) is 11.3. The van der Waals surface area contributed by atoms with Gasteiger partial charge in [-0.1, -0.05) is 0 Å². The Morgan fingerprint density at radius 1 is 1.50 bits per heavy atom. The van der Waals surface area contributed by atoms with Crippen molar-refractivity contribution in [3.8, 4) is 0 Å². The molecule has 0 unspecified atom stereocenters. The highest BCUT2D eigenvalue weighted by atomic mass is 35.7. The molecule has 0 aromatic carbocycles. The maximum atomic E-state index is 9.92. The Balaban J connectivity index is 0. The molecule has 3 nitrogen and oxygen atoms in total. The summed E-state index contributed by atoms with van der Waals surface area (Å²) in [6.45, 7) is 0.0891. The SMILES string of the molecule is Cl.NCCS(=O)(=O)Cl. The zero-order valence-electron chi connectivity index (χ0n) is 4.00. The van der Waals surface area contributed by atoms with Gasteiger partial charge in [0.25, 0.3) is 0 Å². The minimum Gasteiger partial charge on any atom is -0.329 e. The second-order valence-electron chi connectivity index (χ2n) is 1.03. The molecule has 0 rings (SSSR count). The molecule has 0 heterocycles. The molecule has 0 aromatic rings. The van der Waals surface area contributed by atoms with Crippen molar-refractivity contribution in [3.05, 3.63) is 0 Å². The highest BCUT2D eigenvalue weighted by molar-refractivity contribution is 8.13. The lowest BCUT2D eigenvalue weighted by Gasteiger charge is -1.84. The quantitative estimate of drug-likeness (QED) is 0.605. The largest absolute Gasteiger partial charge is 0.329 e. The molecule has 0 saturated heterocycles. The van der Waals surface area contributed by atoms with Gasteiger partial charge in [0, 0.05) is 17.2 Å². The van der Waals surface area contributed by atoms with Crippen LogP contribution in [0.25, 0.3) is 0 Å². The predicted octanol–water partition coefficient (Wildman–Crippen LogP) is -0.0645. The van der Waals surface area contributed by atoms with Gasteiger partial charge in [-0.25, -0.2) is 8.42 Å². The summed E-state index contributed by atoms with van der Waals surface area (Å²) in [6, 6.07) is 0. The molecule has 6 heteroatoms. The summed E-state index contributed by atoms with van der Waals surface area (Å²) < 4.78 is 19.8. The first-order valence-electron chi connectivity index (χ1n) is 1.68. The summed E-state index contributed by atoms with van der Waals surface area (Å²) in [4.78, 5) is 0. The average Bonchev–Trinajstić information content (AvgIpc) is 1.30. The second kappa shape index (κ2) is 4.38. The van der Waals surface area contributed by atoms with Crippen LogP contribution in [0.3, 0.4) is 0 Å². The highest BCUT2D eigenvalue weighted by Crippen LogP contribution is 1.91. The van der Waals surface area contributed by atoms with E-state index < -0.39 is 9.05 Å². The van der Waals surface area contributed by atoms with E-state index in [0.29, 0.717) is 0 Å². The normalized spacial score (nSPS) is 10.2. The summed E-state index contributed by atoms with van der Waals surface area (Å²) in [5.74, 6) is -0.144. The van der Waals surface area contributed by atoms with E-state index in [1.165, 1.54) is 0 Å². The smallest absolute Gasteiger partial charge is 0.233 e. The molecule has 8 heavy (non-hydrogen) atoms. The molecular formula is C2H7Cl2NO2S. The lowest BCUT2D eigenvalue weighted by molar-refractivity contribution is 0.609. The molecule has 0 aliphatic carbocycles. The monoisotopic (exact) mass is 179 g/mol. The van der Waals surface area contributed by atoms with Gasteiger partial charge in [0.2, 0.25) is 9.05 Å². The number of rotatable bonds is 2. The number of hydrogen-bond acceptors (Lipinski definition) is 3. The van der Waals surface area contributed by atoms with Gasteiger partial charge < -0.3 is 5.73 Å².